The molecule has 3 nitrogen and oxygen atoms in total. The lowest BCUT2D eigenvalue weighted by Gasteiger charge is -2.23. The molecule has 0 saturated carbocycles. The monoisotopic (exact) mass is 325 g/mol. The highest BCUT2D eigenvalue weighted by Crippen LogP contribution is 2.24. The predicted molar refractivity (Wildman–Crippen MR) is 69.7 cm³/mol. The summed E-state index contributed by atoms with van der Waals surface area (Å²) in [5.74, 6) is 0. The summed E-state index contributed by atoms with van der Waals surface area (Å²) < 4.78 is 25.7. The van der Waals surface area contributed by atoms with Gasteiger partial charge in [-0.25, -0.2) is 8.42 Å². The molecule has 16 heavy (non-hydrogen) atoms. The molecule has 0 saturated heterocycles. The molecule has 1 atom stereocenters. The van der Waals surface area contributed by atoms with Gasteiger partial charge in [0.2, 0.25) is 10.0 Å². The average Bonchev–Trinajstić information content (AvgIpc) is 2.27. The highest BCUT2D eigenvalue weighted by atomic mass is 79.9. The van der Waals surface area contributed by atoms with Crippen molar-refractivity contribution in [3.8, 4) is 0 Å². The molecule has 0 radical (unpaired) electrons. The van der Waals surface area contributed by atoms with E-state index < -0.39 is 10.0 Å². The Kier molecular flexibility index (Phi) is 4.79. The summed E-state index contributed by atoms with van der Waals surface area (Å²) in [6.07, 6.45) is 0. The maximum Gasteiger partial charge on any atom is 0.244 e. The number of benzene rings is 1. The highest BCUT2D eigenvalue weighted by Gasteiger charge is 2.26. The molecule has 0 spiro atoms. The van der Waals surface area contributed by atoms with Gasteiger partial charge < -0.3 is 0 Å². The second kappa shape index (κ2) is 5.49. The molecule has 0 bridgehead atoms. The molecule has 1 rings (SSSR count). The lowest BCUT2D eigenvalue weighted by molar-refractivity contribution is 0.416. The van der Waals surface area contributed by atoms with Crippen LogP contribution in [0.2, 0.25) is 5.02 Å². The van der Waals surface area contributed by atoms with Crippen molar-refractivity contribution < 1.29 is 8.42 Å². The smallest absolute Gasteiger partial charge is 0.207 e. The van der Waals surface area contributed by atoms with Gasteiger partial charge in [-0.3, -0.25) is 0 Å². The Morgan fingerprint density at radius 3 is 2.50 bits per heavy atom. The lowest BCUT2D eigenvalue weighted by Crippen LogP contribution is -2.36. The van der Waals surface area contributed by atoms with Crippen molar-refractivity contribution in [3.63, 3.8) is 0 Å². The molecule has 0 fully saturated rings. The Labute approximate surface area is 110 Å². The summed E-state index contributed by atoms with van der Waals surface area (Å²) in [5, 5.41) is 0.823. The van der Waals surface area contributed by atoms with Gasteiger partial charge in [0, 0.05) is 18.4 Å². The molecule has 90 valence electrons. The van der Waals surface area contributed by atoms with Crippen molar-refractivity contribution in [2.45, 2.75) is 17.9 Å². The van der Waals surface area contributed by atoms with Crippen LogP contribution >= 0.6 is 27.5 Å². The van der Waals surface area contributed by atoms with Crippen LogP contribution in [0.3, 0.4) is 0 Å². The zero-order valence-electron chi connectivity index (χ0n) is 9.02. The fourth-order valence-electron chi connectivity index (χ4n) is 1.14. The standard InChI is InChI=1S/C10H13BrClNO2S/c1-8(7-11)13(2)16(14,15)10-6-4-3-5-9(10)12/h3-6,8H,7H2,1-2H3. The number of alkyl halides is 1. The first-order valence-electron chi connectivity index (χ1n) is 4.69. The molecule has 0 heterocycles. The second-order valence-electron chi connectivity index (χ2n) is 3.45. The Hall–Kier alpha value is -0.100. The molecular weight excluding hydrogens is 314 g/mol. The number of hydrogen-bond acceptors (Lipinski definition) is 2. The van der Waals surface area contributed by atoms with E-state index in [1.54, 1.807) is 25.2 Å². The molecular formula is C10H13BrClNO2S. The summed E-state index contributed by atoms with van der Waals surface area (Å²) in [5.41, 5.74) is 0. The molecule has 1 unspecified atom stereocenters. The van der Waals surface area contributed by atoms with Crippen molar-refractivity contribution >= 4 is 37.6 Å². The molecule has 0 amide bonds. The first-order valence-corrected chi connectivity index (χ1v) is 7.63. The van der Waals surface area contributed by atoms with Crippen molar-refractivity contribution in [1.82, 2.24) is 4.31 Å². The topological polar surface area (TPSA) is 37.4 Å². The second-order valence-corrected chi connectivity index (χ2v) is 6.48. The Bertz CT molecular complexity index is 464. The first-order chi connectivity index (χ1) is 7.41. The van der Waals surface area contributed by atoms with Gasteiger partial charge in [0.1, 0.15) is 4.90 Å². The number of sulfonamides is 1. The van der Waals surface area contributed by atoms with Crippen LogP contribution in [-0.2, 0) is 10.0 Å². The SMILES string of the molecule is CC(CBr)N(C)S(=O)(=O)c1ccccc1Cl. The number of rotatable bonds is 4. The van der Waals surface area contributed by atoms with Gasteiger partial charge in [-0.1, -0.05) is 39.7 Å². The fourth-order valence-corrected chi connectivity index (χ4v) is 3.62. The van der Waals surface area contributed by atoms with Gasteiger partial charge in [-0.05, 0) is 19.1 Å². The first kappa shape index (κ1) is 14.0. The third-order valence-corrected chi connectivity index (χ3v) is 5.75. The third kappa shape index (κ3) is 2.77. The third-order valence-electron chi connectivity index (χ3n) is 2.34. The van der Waals surface area contributed by atoms with Crippen LogP contribution in [0.1, 0.15) is 6.92 Å². The predicted octanol–water partition coefficient (Wildman–Crippen LogP) is 2.74. The number of halogens is 2. The van der Waals surface area contributed by atoms with E-state index in [4.69, 9.17) is 11.6 Å². The zero-order chi connectivity index (χ0) is 12.3. The Morgan fingerprint density at radius 1 is 1.44 bits per heavy atom. The average molecular weight is 327 g/mol. The maximum atomic E-state index is 12.2. The van der Waals surface area contributed by atoms with E-state index in [9.17, 15) is 8.42 Å². The number of nitrogens with zero attached hydrogens (tertiary/aromatic N) is 1. The number of hydrogen-bond donors (Lipinski definition) is 0. The van der Waals surface area contributed by atoms with Gasteiger partial charge >= 0.3 is 0 Å². The summed E-state index contributed by atoms with van der Waals surface area (Å²) in [6, 6.07) is 6.32. The summed E-state index contributed by atoms with van der Waals surface area (Å²) >= 11 is 9.14. The van der Waals surface area contributed by atoms with Crippen molar-refractivity contribution in [2.24, 2.45) is 0 Å². The quantitative estimate of drug-likeness (QED) is 0.798. The minimum absolute atomic E-state index is 0.124. The van der Waals surface area contributed by atoms with E-state index in [-0.39, 0.29) is 16.0 Å². The summed E-state index contributed by atoms with van der Waals surface area (Å²) in [4.78, 5) is 0.145. The molecule has 0 aliphatic rings. The van der Waals surface area contributed by atoms with Crippen molar-refractivity contribution in [2.75, 3.05) is 12.4 Å². The van der Waals surface area contributed by atoms with Gasteiger partial charge in [0.15, 0.2) is 0 Å². The van der Waals surface area contributed by atoms with Crippen LogP contribution in [0, 0.1) is 0 Å². The zero-order valence-corrected chi connectivity index (χ0v) is 12.2. The van der Waals surface area contributed by atoms with Crippen LogP contribution in [-0.4, -0.2) is 31.1 Å². The van der Waals surface area contributed by atoms with Gasteiger partial charge in [0.05, 0.1) is 5.02 Å². The van der Waals surface area contributed by atoms with E-state index in [1.807, 2.05) is 6.92 Å². The van der Waals surface area contributed by atoms with Crippen molar-refractivity contribution in [1.29, 1.82) is 0 Å². The lowest BCUT2D eigenvalue weighted by atomic mass is 10.4. The van der Waals surface area contributed by atoms with E-state index >= 15 is 0 Å². The molecule has 1 aromatic rings. The van der Waals surface area contributed by atoms with E-state index in [1.165, 1.54) is 10.4 Å². The Morgan fingerprint density at radius 2 is 2.00 bits per heavy atom. The normalized spacial score (nSPS) is 14.1. The Balaban J connectivity index is 3.17. The molecule has 1 aromatic carbocycles. The van der Waals surface area contributed by atoms with Crippen LogP contribution < -0.4 is 0 Å². The molecule has 0 N–H and O–H groups in total. The van der Waals surface area contributed by atoms with E-state index in [2.05, 4.69) is 15.9 Å². The van der Waals surface area contributed by atoms with Gasteiger partial charge in [0.25, 0.3) is 0 Å². The largest absolute Gasteiger partial charge is 0.244 e. The summed E-state index contributed by atoms with van der Waals surface area (Å²) in [6.45, 7) is 1.82. The van der Waals surface area contributed by atoms with Crippen molar-refractivity contribution in [3.05, 3.63) is 29.3 Å². The van der Waals surface area contributed by atoms with Gasteiger partial charge in [-0.2, -0.15) is 4.31 Å². The highest BCUT2D eigenvalue weighted by molar-refractivity contribution is 9.09. The minimum Gasteiger partial charge on any atom is -0.207 e. The molecule has 0 aliphatic carbocycles. The minimum atomic E-state index is -3.51. The van der Waals surface area contributed by atoms with Crippen LogP contribution in [0.15, 0.2) is 29.2 Å². The van der Waals surface area contributed by atoms with Crippen LogP contribution in [0.4, 0.5) is 0 Å². The van der Waals surface area contributed by atoms with E-state index in [0.717, 1.165) is 0 Å². The maximum absolute atomic E-state index is 12.2. The molecule has 0 aliphatic heterocycles. The van der Waals surface area contributed by atoms with Crippen LogP contribution in [0.25, 0.3) is 0 Å². The van der Waals surface area contributed by atoms with Gasteiger partial charge in [-0.15, -0.1) is 0 Å². The van der Waals surface area contributed by atoms with Crippen LogP contribution in [0.5, 0.6) is 0 Å². The summed E-state index contributed by atoms with van der Waals surface area (Å²) in [7, 11) is -1.96. The molecule has 0 aromatic heterocycles. The fraction of sp³-hybridized carbons (Fsp3) is 0.400. The van der Waals surface area contributed by atoms with E-state index in [0.29, 0.717) is 5.33 Å². The molecule has 6 heteroatoms.